The van der Waals surface area contributed by atoms with Crippen molar-refractivity contribution in [3.8, 4) is 11.8 Å². The number of ether oxygens (including phenoxy) is 1. The van der Waals surface area contributed by atoms with E-state index in [9.17, 15) is 4.79 Å². The van der Waals surface area contributed by atoms with Gasteiger partial charge in [0, 0.05) is 29.0 Å². The summed E-state index contributed by atoms with van der Waals surface area (Å²) in [7, 11) is 0. The third-order valence-corrected chi connectivity index (χ3v) is 3.66. The van der Waals surface area contributed by atoms with Crippen LogP contribution >= 0.6 is 11.3 Å². The minimum Gasteiger partial charge on any atom is -0.424 e. The molecule has 0 radical (unpaired) electrons. The average molecular weight is 311 g/mol. The molecule has 0 saturated carbocycles. The first-order valence-electron chi connectivity index (χ1n) is 6.67. The summed E-state index contributed by atoms with van der Waals surface area (Å²) in [6.45, 7) is 0. The molecule has 0 aliphatic heterocycles. The summed E-state index contributed by atoms with van der Waals surface area (Å²) in [6.07, 6.45) is 3.58. The number of hydrogen-bond acceptors (Lipinski definition) is 5. The van der Waals surface area contributed by atoms with Crippen LogP contribution in [0.3, 0.4) is 0 Å². The molecule has 0 aliphatic carbocycles. The van der Waals surface area contributed by atoms with Gasteiger partial charge in [0.05, 0.1) is 6.42 Å². The fraction of sp³-hybridized carbons (Fsp3) is 0.0625. The Hall–Kier alpha value is -2.73. The maximum absolute atomic E-state index is 12.0. The van der Waals surface area contributed by atoms with E-state index >= 15 is 0 Å². The molecule has 2 heterocycles. The highest BCUT2D eigenvalue weighted by atomic mass is 32.1. The molecule has 5 nitrogen and oxygen atoms in total. The normalized spacial score (nSPS) is 10.2. The highest BCUT2D eigenvalue weighted by Crippen LogP contribution is 2.21. The number of nitrogens with zero attached hydrogens (tertiary/aromatic N) is 2. The fourth-order valence-electron chi connectivity index (χ4n) is 1.86. The highest BCUT2D eigenvalue weighted by molar-refractivity contribution is 7.10. The minimum absolute atomic E-state index is 0.0597. The van der Waals surface area contributed by atoms with Gasteiger partial charge in [-0.1, -0.05) is 12.1 Å². The third kappa shape index (κ3) is 3.89. The molecule has 6 heteroatoms. The standard InChI is InChI=1S/C16H13N3O2S/c20-15(11-14-6-2-9-22-14)19-12-4-1-5-13(10-12)21-16-17-7-3-8-18-16/h1-10H,11H2,(H,19,20). The van der Waals surface area contributed by atoms with Crippen LogP contribution in [0.25, 0.3) is 0 Å². The number of thiophene rings is 1. The zero-order chi connectivity index (χ0) is 15.2. The number of aromatic nitrogens is 2. The van der Waals surface area contributed by atoms with Gasteiger partial charge in [0.15, 0.2) is 0 Å². The van der Waals surface area contributed by atoms with Gasteiger partial charge in [-0.15, -0.1) is 11.3 Å². The van der Waals surface area contributed by atoms with Gasteiger partial charge in [0.1, 0.15) is 5.75 Å². The Labute approximate surface area is 131 Å². The van der Waals surface area contributed by atoms with Crippen molar-refractivity contribution in [3.63, 3.8) is 0 Å². The average Bonchev–Trinajstić information content (AvgIpc) is 3.01. The van der Waals surface area contributed by atoms with Gasteiger partial charge in [-0.2, -0.15) is 0 Å². The lowest BCUT2D eigenvalue weighted by atomic mass is 10.2. The van der Waals surface area contributed by atoms with Gasteiger partial charge in [-0.3, -0.25) is 4.79 Å². The second-order valence-electron chi connectivity index (χ2n) is 4.47. The number of nitrogens with one attached hydrogen (secondary N) is 1. The van der Waals surface area contributed by atoms with E-state index in [2.05, 4.69) is 15.3 Å². The molecule has 2 aromatic heterocycles. The molecule has 1 N–H and O–H groups in total. The van der Waals surface area contributed by atoms with Crippen molar-refractivity contribution in [1.82, 2.24) is 9.97 Å². The summed E-state index contributed by atoms with van der Waals surface area (Å²) in [5.74, 6) is 0.510. The van der Waals surface area contributed by atoms with E-state index < -0.39 is 0 Å². The summed E-state index contributed by atoms with van der Waals surface area (Å²) >= 11 is 1.56. The number of anilines is 1. The molecule has 22 heavy (non-hydrogen) atoms. The van der Waals surface area contributed by atoms with Crippen molar-refractivity contribution in [3.05, 3.63) is 65.1 Å². The van der Waals surface area contributed by atoms with Crippen molar-refractivity contribution in [2.45, 2.75) is 6.42 Å². The van der Waals surface area contributed by atoms with Crippen molar-refractivity contribution in [2.24, 2.45) is 0 Å². The van der Waals surface area contributed by atoms with Crippen molar-refractivity contribution in [1.29, 1.82) is 0 Å². The van der Waals surface area contributed by atoms with E-state index in [1.165, 1.54) is 0 Å². The smallest absolute Gasteiger partial charge is 0.321 e. The fourth-order valence-corrected chi connectivity index (χ4v) is 2.56. The molecule has 3 aromatic rings. The zero-order valence-corrected chi connectivity index (χ0v) is 12.4. The lowest BCUT2D eigenvalue weighted by molar-refractivity contribution is -0.115. The maximum Gasteiger partial charge on any atom is 0.321 e. The first kappa shape index (κ1) is 14.2. The van der Waals surface area contributed by atoms with Crippen molar-refractivity contribution < 1.29 is 9.53 Å². The van der Waals surface area contributed by atoms with Crippen LogP contribution in [0.4, 0.5) is 5.69 Å². The Balaban J connectivity index is 1.65. The van der Waals surface area contributed by atoms with Crippen molar-refractivity contribution in [2.75, 3.05) is 5.32 Å². The maximum atomic E-state index is 12.0. The van der Waals surface area contributed by atoms with E-state index in [1.807, 2.05) is 23.6 Å². The Bertz CT molecular complexity index is 745. The van der Waals surface area contributed by atoms with Crippen LogP contribution in [-0.4, -0.2) is 15.9 Å². The van der Waals surface area contributed by atoms with Crippen LogP contribution in [0.5, 0.6) is 11.8 Å². The predicted octanol–water partition coefficient (Wildman–Crippen LogP) is 3.51. The van der Waals surface area contributed by atoms with Crippen LogP contribution in [-0.2, 0) is 11.2 Å². The predicted molar refractivity (Wildman–Crippen MR) is 85.2 cm³/mol. The Morgan fingerprint density at radius 1 is 1.14 bits per heavy atom. The van der Waals surface area contributed by atoms with Crippen LogP contribution in [0, 0.1) is 0 Å². The summed E-state index contributed by atoms with van der Waals surface area (Å²) in [6, 6.07) is 13.0. The van der Waals surface area contributed by atoms with Crippen LogP contribution in [0.2, 0.25) is 0 Å². The number of hydrogen-bond donors (Lipinski definition) is 1. The summed E-state index contributed by atoms with van der Waals surface area (Å²) < 4.78 is 5.53. The van der Waals surface area contributed by atoms with E-state index in [0.717, 1.165) is 4.88 Å². The monoisotopic (exact) mass is 311 g/mol. The zero-order valence-electron chi connectivity index (χ0n) is 11.6. The van der Waals surface area contributed by atoms with Gasteiger partial charge in [0.25, 0.3) is 0 Å². The molecule has 0 fully saturated rings. The molecular weight excluding hydrogens is 298 g/mol. The SMILES string of the molecule is O=C(Cc1cccs1)Nc1cccc(Oc2ncccn2)c1. The van der Waals surface area contributed by atoms with Crippen LogP contribution in [0.15, 0.2) is 60.2 Å². The van der Waals surface area contributed by atoms with Gasteiger partial charge in [-0.25, -0.2) is 9.97 Å². The molecular formula is C16H13N3O2S. The Morgan fingerprint density at radius 3 is 2.77 bits per heavy atom. The lowest BCUT2D eigenvalue weighted by Gasteiger charge is -2.07. The molecule has 0 unspecified atom stereocenters. The number of carbonyl (C=O) groups excluding carboxylic acids is 1. The van der Waals surface area contributed by atoms with E-state index in [4.69, 9.17) is 4.74 Å². The Morgan fingerprint density at radius 2 is 2.00 bits per heavy atom. The van der Waals surface area contributed by atoms with Crippen LogP contribution in [0.1, 0.15) is 4.88 Å². The molecule has 0 atom stereocenters. The van der Waals surface area contributed by atoms with Gasteiger partial charge >= 0.3 is 6.01 Å². The lowest BCUT2D eigenvalue weighted by Crippen LogP contribution is -2.13. The first-order chi connectivity index (χ1) is 10.8. The summed E-state index contributed by atoms with van der Waals surface area (Å²) in [5.41, 5.74) is 0.676. The second kappa shape index (κ2) is 6.82. The molecule has 0 aliphatic rings. The van der Waals surface area contributed by atoms with Crippen LogP contribution < -0.4 is 10.1 Å². The second-order valence-corrected chi connectivity index (χ2v) is 5.50. The third-order valence-electron chi connectivity index (χ3n) is 2.78. The molecule has 1 aromatic carbocycles. The summed E-state index contributed by atoms with van der Waals surface area (Å²) in [5, 5.41) is 4.81. The molecule has 110 valence electrons. The molecule has 0 saturated heterocycles. The largest absolute Gasteiger partial charge is 0.424 e. The minimum atomic E-state index is -0.0597. The molecule has 1 amide bonds. The number of benzene rings is 1. The van der Waals surface area contributed by atoms with E-state index in [-0.39, 0.29) is 11.9 Å². The number of carbonyl (C=O) groups is 1. The molecule has 0 spiro atoms. The van der Waals surface area contributed by atoms with E-state index in [0.29, 0.717) is 17.9 Å². The molecule has 0 bridgehead atoms. The number of rotatable bonds is 5. The first-order valence-corrected chi connectivity index (χ1v) is 7.55. The summed E-state index contributed by atoms with van der Waals surface area (Å²) in [4.78, 5) is 21.0. The molecule has 3 rings (SSSR count). The quantitative estimate of drug-likeness (QED) is 0.783. The van der Waals surface area contributed by atoms with Gasteiger partial charge < -0.3 is 10.1 Å². The topological polar surface area (TPSA) is 64.1 Å². The van der Waals surface area contributed by atoms with Crippen molar-refractivity contribution >= 4 is 22.9 Å². The Kier molecular flexibility index (Phi) is 4.41. The van der Waals surface area contributed by atoms with Gasteiger partial charge in [0.2, 0.25) is 5.91 Å². The van der Waals surface area contributed by atoms with Gasteiger partial charge in [-0.05, 0) is 29.6 Å². The number of amides is 1. The highest BCUT2D eigenvalue weighted by Gasteiger charge is 2.06. The van der Waals surface area contributed by atoms with E-state index in [1.54, 1.807) is 48.0 Å².